The number of tetrazole rings is 1. The van der Waals surface area contributed by atoms with Crippen molar-refractivity contribution in [1.82, 2.24) is 29.6 Å². The van der Waals surface area contributed by atoms with E-state index in [2.05, 4.69) is 125 Å². The maximum atomic E-state index is 4.95. The zero-order valence-corrected chi connectivity index (χ0v) is 22.0. The Morgan fingerprint density at radius 2 is 1.12 bits per heavy atom. The molecule has 40 heavy (non-hydrogen) atoms. The third-order valence-electron chi connectivity index (χ3n) is 7.40. The van der Waals surface area contributed by atoms with Gasteiger partial charge in [0.2, 0.25) is 0 Å². The van der Waals surface area contributed by atoms with Crippen molar-refractivity contribution in [2.45, 2.75) is 12.5 Å². The topological polar surface area (TPSA) is 60.9 Å². The van der Waals surface area contributed by atoms with Gasteiger partial charge in [0.25, 0.3) is 0 Å². The molecular formula is C34H26N6. The molecule has 7 aromatic rings. The second-order valence-electron chi connectivity index (χ2n) is 9.87. The summed E-state index contributed by atoms with van der Waals surface area (Å²) in [5.41, 5.74) is 7.13. The molecule has 0 saturated carbocycles. The highest BCUT2D eigenvalue weighted by Crippen LogP contribution is 2.43. The molecule has 0 radical (unpaired) electrons. The monoisotopic (exact) mass is 518 g/mol. The summed E-state index contributed by atoms with van der Waals surface area (Å²) in [6.07, 6.45) is 4.15. The van der Waals surface area contributed by atoms with Crippen molar-refractivity contribution in [2.75, 3.05) is 0 Å². The van der Waals surface area contributed by atoms with Crippen LogP contribution in [0.4, 0.5) is 0 Å². The summed E-state index contributed by atoms with van der Waals surface area (Å²) in [4.78, 5) is 4.95. The molecule has 6 heteroatoms. The molecule has 0 aliphatic heterocycles. The first kappa shape index (κ1) is 23.7. The van der Waals surface area contributed by atoms with Crippen LogP contribution in [0.25, 0.3) is 28.3 Å². The van der Waals surface area contributed by atoms with Crippen molar-refractivity contribution in [2.24, 2.45) is 0 Å². The van der Waals surface area contributed by atoms with E-state index in [4.69, 9.17) is 10.2 Å². The molecule has 0 aliphatic rings. The predicted molar refractivity (Wildman–Crippen MR) is 157 cm³/mol. The van der Waals surface area contributed by atoms with Crippen molar-refractivity contribution in [3.63, 3.8) is 0 Å². The van der Waals surface area contributed by atoms with Crippen molar-refractivity contribution in [3.05, 3.63) is 162 Å². The van der Waals surface area contributed by atoms with Gasteiger partial charge in [-0.1, -0.05) is 121 Å². The molecule has 0 N–H and O–H groups in total. The van der Waals surface area contributed by atoms with Crippen molar-refractivity contribution >= 4 is 5.65 Å². The molecular weight excluding hydrogens is 492 g/mol. The number of aromatic nitrogens is 6. The molecule has 4 aromatic carbocycles. The standard InChI is InChI=1S/C34H26N6/c1-25-21-22-32-35-31(24-39(32)23-25)29-19-11-12-20-30(29)33-36-37-38-40(33)34(26-13-5-2-6-14-26,27-15-7-3-8-16-27)28-17-9-4-10-18-28/h2-24H,1H3. The minimum Gasteiger partial charge on any atom is -0.306 e. The van der Waals surface area contributed by atoms with Gasteiger partial charge in [-0.3, -0.25) is 0 Å². The zero-order chi connectivity index (χ0) is 26.9. The van der Waals surface area contributed by atoms with E-state index in [0.29, 0.717) is 5.82 Å². The zero-order valence-electron chi connectivity index (χ0n) is 22.0. The number of pyridine rings is 1. The highest BCUT2D eigenvalue weighted by Gasteiger charge is 2.42. The van der Waals surface area contributed by atoms with E-state index in [1.54, 1.807) is 0 Å². The minimum absolute atomic E-state index is 0.653. The number of benzene rings is 4. The lowest BCUT2D eigenvalue weighted by Crippen LogP contribution is -2.39. The van der Waals surface area contributed by atoms with Crippen LogP contribution in [0.1, 0.15) is 22.3 Å². The van der Waals surface area contributed by atoms with Crippen LogP contribution in [0.5, 0.6) is 0 Å². The maximum absolute atomic E-state index is 4.95. The van der Waals surface area contributed by atoms with Gasteiger partial charge in [-0.15, -0.1) is 5.10 Å². The van der Waals surface area contributed by atoms with Crippen LogP contribution in [0.2, 0.25) is 0 Å². The molecule has 0 amide bonds. The van der Waals surface area contributed by atoms with E-state index < -0.39 is 5.54 Å². The Morgan fingerprint density at radius 1 is 0.575 bits per heavy atom. The van der Waals surface area contributed by atoms with E-state index in [1.165, 1.54) is 5.56 Å². The SMILES string of the molecule is Cc1ccc2nc(-c3ccccc3-c3nnnn3C(c3ccccc3)(c3ccccc3)c3ccccc3)cn2c1. The average Bonchev–Trinajstić information content (AvgIpc) is 3.67. The van der Waals surface area contributed by atoms with Gasteiger partial charge < -0.3 is 4.40 Å². The second kappa shape index (κ2) is 9.75. The van der Waals surface area contributed by atoms with Gasteiger partial charge in [0, 0.05) is 23.5 Å². The highest BCUT2D eigenvalue weighted by molar-refractivity contribution is 5.80. The quantitative estimate of drug-likeness (QED) is 0.227. The third kappa shape index (κ3) is 3.81. The van der Waals surface area contributed by atoms with E-state index in [-0.39, 0.29) is 0 Å². The van der Waals surface area contributed by atoms with Gasteiger partial charge in [-0.25, -0.2) is 9.67 Å². The van der Waals surface area contributed by atoms with Gasteiger partial charge in [0.05, 0.1) is 5.69 Å². The Morgan fingerprint density at radius 3 is 1.73 bits per heavy atom. The van der Waals surface area contributed by atoms with Crippen LogP contribution in [0.3, 0.4) is 0 Å². The largest absolute Gasteiger partial charge is 0.306 e. The van der Waals surface area contributed by atoms with E-state index >= 15 is 0 Å². The molecule has 192 valence electrons. The number of hydrogen-bond donors (Lipinski definition) is 0. The van der Waals surface area contributed by atoms with Crippen molar-refractivity contribution < 1.29 is 0 Å². The molecule has 0 unspecified atom stereocenters. The molecule has 7 rings (SSSR count). The number of fused-ring (bicyclic) bond motifs is 1. The molecule has 3 aromatic heterocycles. The van der Waals surface area contributed by atoms with Crippen LogP contribution in [-0.2, 0) is 5.54 Å². The van der Waals surface area contributed by atoms with E-state index in [9.17, 15) is 0 Å². The summed E-state index contributed by atoms with van der Waals surface area (Å²) in [6, 6.07) is 43.6. The average molecular weight is 519 g/mol. The van der Waals surface area contributed by atoms with Crippen LogP contribution >= 0.6 is 0 Å². The Labute approximate surface area is 232 Å². The Kier molecular flexibility index (Phi) is 5.78. The Bertz CT molecular complexity index is 1810. The van der Waals surface area contributed by atoms with Crippen LogP contribution < -0.4 is 0 Å². The number of imidazole rings is 1. The molecule has 0 atom stereocenters. The lowest BCUT2D eigenvalue weighted by molar-refractivity contribution is 0.451. The summed E-state index contributed by atoms with van der Waals surface area (Å²) in [5, 5.41) is 13.6. The normalized spacial score (nSPS) is 11.6. The first-order valence-corrected chi connectivity index (χ1v) is 13.3. The molecule has 6 nitrogen and oxygen atoms in total. The van der Waals surface area contributed by atoms with Crippen LogP contribution in [-0.4, -0.2) is 29.6 Å². The van der Waals surface area contributed by atoms with Crippen LogP contribution in [0.15, 0.2) is 140 Å². The summed E-state index contributed by atoms with van der Waals surface area (Å²) in [6.45, 7) is 2.08. The highest BCUT2D eigenvalue weighted by atomic mass is 15.6. The molecule has 0 saturated heterocycles. The van der Waals surface area contributed by atoms with Gasteiger partial charge in [0.1, 0.15) is 11.2 Å². The first-order valence-electron chi connectivity index (χ1n) is 13.3. The van der Waals surface area contributed by atoms with Crippen LogP contribution in [0, 0.1) is 6.92 Å². The fourth-order valence-corrected chi connectivity index (χ4v) is 5.62. The fourth-order valence-electron chi connectivity index (χ4n) is 5.62. The third-order valence-corrected chi connectivity index (χ3v) is 7.40. The first-order chi connectivity index (χ1) is 19.7. The summed E-state index contributed by atoms with van der Waals surface area (Å²) < 4.78 is 4.03. The van der Waals surface area contributed by atoms with Crippen molar-refractivity contribution in [1.29, 1.82) is 0 Å². The molecule has 3 heterocycles. The fraction of sp³-hybridized carbons (Fsp3) is 0.0588. The summed E-state index contributed by atoms with van der Waals surface area (Å²) >= 11 is 0. The van der Waals surface area contributed by atoms with Gasteiger partial charge in [0.15, 0.2) is 5.82 Å². The smallest absolute Gasteiger partial charge is 0.184 e. The maximum Gasteiger partial charge on any atom is 0.184 e. The number of aryl methyl sites for hydroxylation is 1. The van der Waals surface area contributed by atoms with E-state index in [0.717, 1.165) is 39.2 Å². The lowest BCUT2D eigenvalue weighted by atomic mass is 9.77. The summed E-state index contributed by atoms with van der Waals surface area (Å²) in [5.74, 6) is 0.653. The number of hydrogen-bond acceptors (Lipinski definition) is 4. The Hall–Kier alpha value is -5.36. The molecule has 0 aliphatic carbocycles. The number of rotatable bonds is 6. The van der Waals surface area contributed by atoms with Gasteiger partial charge in [-0.05, 0) is 45.7 Å². The predicted octanol–water partition coefficient (Wildman–Crippen LogP) is 6.80. The Balaban J connectivity index is 1.53. The summed E-state index contributed by atoms with van der Waals surface area (Å²) in [7, 11) is 0. The van der Waals surface area contributed by atoms with Gasteiger partial charge >= 0.3 is 0 Å². The minimum atomic E-state index is -0.828. The molecule has 0 fully saturated rings. The second-order valence-corrected chi connectivity index (χ2v) is 9.87. The molecule has 0 bridgehead atoms. The van der Waals surface area contributed by atoms with Crippen molar-refractivity contribution in [3.8, 4) is 22.6 Å². The number of nitrogens with zero attached hydrogens (tertiary/aromatic N) is 6. The van der Waals surface area contributed by atoms with E-state index in [1.807, 2.05) is 41.1 Å². The molecule has 0 spiro atoms. The lowest BCUT2D eigenvalue weighted by Gasteiger charge is -2.36. The van der Waals surface area contributed by atoms with Gasteiger partial charge in [-0.2, -0.15) is 0 Å².